The Morgan fingerprint density at radius 3 is 2.55 bits per heavy atom. The molecule has 0 fully saturated rings. The molecule has 1 amide bonds. The van der Waals surface area contributed by atoms with Crippen LogP contribution in [0.2, 0.25) is 0 Å². The van der Waals surface area contributed by atoms with Gasteiger partial charge in [-0.15, -0.1) is 0 Å². The quantitative estimate of drug-likeness (QED) is 0.283. The van der Waals surface area contributed by atoms with E-state index in [9.17, 15) is 14.9 Å². The normalized spacial score (nSPS) is 15.2. The van der Waals surface area contributed by atoms with Crippen molar-refractivity contribution < 1.29 is 19.2 Å². The lowest BCUT2D eigenvalue weighted by Crippen LogP contribution is -2.41. The van der Waals surface area contributed by atoms with Gasteiger partial charge in [0.05, 0.1) is 11.5 Å². The van der Waals surface area contributed by atoms with Gasteiger partial charge in [-0.3, -0.25) is 14.9 Å². The molecule has 31 heavy (non-hydrogen) atoms. The maximum absolute atomic E-state index is 13.0. The van der Waals surface area contributed by atoms with E-state index in [-0.39, 0.29) is 24.2 Å². The second-order valence-electron chi connectivity index (χ2n) is 6.98. The van der Waals surface area contributed by atoms with Crippen LogP contribution in [0.25, 0.3) is 11.6 Å². The third-order valence-corrected chi connectivity index (χ3v) is 4.78. The van der Waals surface area contributed by atoms with E-state index in [1.807, 2.05) is 54.6 Å². The van der Waals surface area contributed by atoms with Crippen molar-refractivity contribution in [3.05, 3.63) is 100 Å². The standard InChI is InChI=1S/C24H20N2O5/c27-24(25-15-20-16-30-22-11-4-5-12-23(22)31-20)21(18-8-2-1-3-9-18)14-17-7-6-10-19(13-17)26(28)29/h1-14,20H,15-16H2,(H,25,27)/b21-14+/t20-/m1/s1. The summed E-state index contributed by atoms with van der Waals surface area (Å²) in [4.78, 5) is 23.7. The number of nitrogens with one attached hydrogen (secondary N) is 1. The van der Waals surface area contributed by atoms with E-state index in [1.165, 1.54) is 12.1 Å². The van der Waals surface area contributed by atoms with Crippen LogP contribution in [0.3, 0.4) is 0 Å². The van der Waals surface area contributed by atoms with Crippen molar-refractivity contribution >= 4 is 23.2 Å². The Morgan fingerprint density at radius 1 is 1.03 bits per heavy atom. The summed E-state index contributed by atoms with van der Waals surface area (Å²) in [6.45, 7) is 0.582. The molecule has 0 aliphatic carbocycles. The van der Waals surface area contributed by atoms with Gasteiger partial charge >= 0.3 is 0 Å². The van der Waals surface area contributed by atoms with Crippen LogP contribution in [0.5, 0.6) is 11.5 Å². The van der Waals surface area contributed by atoms with Crippen LogP contribution in [-0.2, 0) is 4.79 Å². The minimum atomic E-state index is -0.460. The van der Waals surface area contributed by atoms with Gasteiger partial charge in [0, 0.05) is 17.7 Å². The van der Waals surface area contributed by atoms with Gasteiger partial charge in [-0.2, -0.15) is 0 Å². The van der Waals surface area contributed by atoms with Gasteiger partial charge in [0.2, 0.25) is 0 Å². The molecular formula is C24H20N2O5. The zero-order chi connectivity index (χ0) is 21.6. The predicted molar refractivity (Wildman–Crippen MR) is 117 cm³/mol. The van der Waals surface area contributed by atoms with E-state index in [1.54, 1.807) is 18.2 Å². The Balaban J connectivity index is 1.53. The number of hydrogen-bond donors (Lipinski definition) is 1. The third kappa shape index (κ3) is 4.90. The van der Waals surface area contributed by atoms with Gasteiger partial charge in [0.25, 0.3) is 11.6 Å². The maximum atomic E-state index is 13.0. The molecule has 4 rings (SSSR count). The van der Waals surface area contributed by atoms with E-state index < -0.39 is 4.92 Å². The van der Waals surface area contributed by atoms with E-state index >= 15 is 0 Å². The second-order valence-corrected chi connectivity index (χ2v) is 6.98. The molecule has 1 aliphatic rings. The van der Waals surface area contributed by atoms with Crippen LogP contribution >= 0.6 is 0 Å². The van der Waals surface area contributed by atoms with Gasteiger partial charge in [-0.1, -0.05) is 54.6 Å². The summed E-state index contributed by atoms with van der Waals surface area (Å²) in [5.74, 6) is 1.02. The molecule has 1 aliphatic heterocycles. The van der Waals surface area contributed by atoms with E-state index in [4.69, 9.17) is 9.47 Å². The number of benzene rings is 3. The third-order valence-electron chi connectivity index (χ3n) is 4.78. The van der Waals surface area contributed by atoms with E-state index in [2.05, 4.69) is 5.32 Å². The molecule has 0 spiro atoms. The smallest absolute Gasteiger partial charge is 0.270 e. The Kier molecular flexibility index (Phi) is 5.93. The molecule has 7 nitrogen and oxygen atoms in total. The zero-order valence-corrected chi connectivity index (χ0v) is 16.6. The summed E-state index contributed by atoms with van der Waals surface area (Å²) >= 11 is 0. The Bertz CT molecular complexity index is 1130. The summed E-state index contributed by atoms with van der Waals surface area (Å²) < 4.78 is 11.6. The molecular weight excluding hydrogens is 396 g/mol. The number of amides is 1. The monoisotopic (exact) mass is 416 g/mol. The molecule has 0 radical (unpaired) electrons. The molecule has 1 heterocycles. The lowest BCUT2D eigenvalue weighted by atomic mass is 10.0. The number of para-hydroxylation sites is 2. The van der Waals surface area contributed by atoms with E-state index in [0.717, 1.165) is 0 Å². The minimum absolute atomic E-state index is 0.0343. The molecule has 0 saturated carbocycles. The first-order valence-electron chi connectivity index (χ1n) is 9.78. The molecule has 0 aromatic heterocycles. The summed E-state index contributed by atoms with van der Waals surface area (Å²) in [7, 11) is 0. The summed E-state index contributed by atoms with van der Waals surface area (Å²) in [5.41, 5.74) is 1.64. The van der Waals surface area contributed by atoms with Crippen LogP contribution in [-0.4, -0.2) is 30.1 Å². The highest BCUT2D eigenvalue weighted by atomic mass is 16.6. The van der Waals surface area contributed by atoms with Gasteiger partial charge in [0.1, 0.15) is 12.7 Å². The molecule has 3 aromatic rings. The fraction of sp³-hybridized carbons (Fsp3) is 0.125. The highest BCUT2D eigenvalue weighted by molar-refractivity contribution is 6.24. The molecule has 1 N–H and O–H groups in total. The molecule has 0 bridgehead atoms. The van der Waals surface area contributed by atoms with Crippen LogP contribution in [0.4, 0.5) is 5.69 Å². The Hall–Kier alpha value is -4.13. The van der Waals surface area contributed by atoms with Crippen molar-refractivity contribution in [3.8, 4) is 11.5 Å². The fourth-order valence-electron chi connectivity index (χ4n) is 3.26. The molecule has 156 valence electrons. The molecule has 0 unspecified atom stereocenters. The minimum Gasteiger partial charge on any atom is -0.486 e. The Morgan fingerprint density at radius 2 is 1.77 bits per heavy atom. The van der Waals surface area contributed by atoms with Crippen molar-refractivity contribution in [1.29, 1.82) is 0 Å². The van der Waals surface area contributed by atoms with Crippen LogP contribution in [0, 0.1) is 10.1 Å². The largest absolute Gasteiger partial charge is 0.486 e. The van der Waals surface area contributed by atoms with Crippen molar-refractivity contribution in [2.75, 3.05) is 13.2 Å². The number of nitro benzene ring substituents is 1. The van der Waals surface area contributed by atoms with Crippen molar-refractivity contribution in [2.45, 2.75) is 6.10 Å². The number of fused-ring (bicyclic) bond motifs is 1. The number of hydrogen-bond acceptors (Lipinski definition) is 5. The van der Waals surface area contributed by atoms with Crippen LogP contribution in [0.1, 0.15) is 11.1 Å². The predicted octanol–water partition coefficient (Wildman–Crippen LogP) is 4.09. The number of rotatable bonds is 6. The molecule has 3 aromatic carbocycles. The number of ether oxygens (including phenoxy) is 2. The summed E-state index contributed by atoms with van der Waals surface area (Å²) in [6.07, 6.45) is 1.32. The van der Waals surface area contributed by atoms with Gasteiger partial charge in [0.15, 0.2) is 11.5 Å². The first kappa shape index (κ1) is 20.2. The number of nitrogens with zero attached hydrogens (tertiary/aromatic N) is 1. The average Bonchev–Trinajstić information content (AvgIpc) is 2.81. The molecule has 1 atom stereocenters. The molecule has 7 heteroatoms. The summed E-state index contributed by atoms with van der Waals surface area (Å²) in [6, 6.07) is 22.7. The Labute approximate surface area is 179 Å². The van der Waals surface area contributed by atoms with E-state index in [0.29, 0.717) is 34.8 Å². The van der Waals surface area contributed by atoms with Crippen molar-refractivity contribution in [1.82, 2.24) is 5.32 Å². The summed E-state index contributed by atoms with van der Waals surface area (Å²) in [5, 5.41) is 14.0. The lowest BCUT2D eigenvalue weighted by Gasteiger charge is -2.26. The average molecular weight is 416 g/mol. The number of carbonyl (C=O) groups is 1. The van der Waals surface area contributed by atoms with Gasteiger partial charge < -0.3 is 14.8 Å². The topological polar surface area (TPSA) is 90.7 Å². The first-order chi connectivity index (χ1) is 15.1. The second kappa shape index (κ2) is 9.13. The molecule has 0 saturated heterocycles. The fourth-order valence-corrected chi connectivity index (χ4v) is 3.26. The number of carbonyl (C=O) groups excluding carboxylic acids is 1. The number of nitro groups is 1. The highest BCUT2D eigenvalue weighted by Gasteiger charge is 2.22. The van der Waals surface area contributed by atoms with Crippen LogP contribution < -0.4 is 14.8 Å². The van der Waals surface area contributed by atoms with Crippen molar-refractivity contribution in [2.24, 2.45) is 0 Å². The maximum Gasteiger partial charge on any atom is 0.270 e. The van der Waals surface area contributed by atoms with Crippen LogP contribution in [0.15, 0.2) is 78.9 Å². The number of non-ortho nitro benzene ring substituents is 1. The van der Waals surface area contributed by atoms with Gasteiger partial charge in [-0.05, 0) is 29.3 Å². The van der Waals surface area contributed by atoms with Gasteiger partial charge in [-0.25, -0.2) is 0 Å². The SMILES string of the molecule is O=C(NC[C@@H]1COc2ccccc2O1)/C(=C/c1cccc([N+](=O)[O-])c1)c1ccccc1. The lowest BCUT2D eigenvalue weighted by molar-refractivity contribution is -0.384. The zero-order valence-electron chi connectivity index (χ0n) is 16.6. The van der Waals surface area contributed by atoms with Crippen molar-refractivity contribution in [3.63, 3.8) is 0 Å². The highest BCUT2D eigenvalue weighted by Crippen LogP contribution is 2.30. The first-order valence-corrected chi connectivity index (χ1v) is 9.78.